The average molecular weight is 577 g/mol. The van der Waals surface area contributed by atoms with Gasteiger partial charge in [-0.25, -0.2) is 0 Å². The van der Waals surface area contributed by atoms with Gasteiger partial charge < -0.3 is 0 Å². The molecule has 0 aliphatic rings. The van der Waals surface area contributed by atoms with Gasteiger partial charge in [-0.1, -0.05) is 0 Å². The molecule has 0 amide bonds. The maximum absolute atomic E-state index is 10.5. The molecule has 0 atom stereocenters. The van der Waals surface area contributed by atoms with Crippen LogP contribution in [0.5, 0.6) is 0 Å². The molecule has 0 heterocycles. The molecule has 10 nitrogen and oxygen atoms in total. The van der Waals surface area contributed by atoms with Crippen molar-refractivity contribution in [1.82, 2.24) is 0 Å². The quantitative estimate of drug-likeness (QED) is 0.127. The minimum Gasteiger partial charge on any atom is 1.00 e. The zero-order valence-corrected chi connectivity index (χ0v) is 22.5. The first kappa shape index (κ1) is 26.9. The van der Waals surface area contributed by atoms with Crippen LogP contribution in [-0.2, 0) is 29.2 Å². The zero-order chi connectivity index (χ0) is 20.6. The first-order chi connectivity index (χ1) is 13.1. The first-order valence-corrected chi connectivity index (χ1v) is 17.2. The Balaban J connectivity index is 0.00000420. The minimum absolute atomic E-state index is 0. The van der Waals surface area contributed by atoms with Crippen LogP contribution in [0.15, 0.2) is 48.5 Å². The summed E-state index contributed by atoms with van der Waals surface area (Å²) in [4.78, 5) is 0. The molecule has 29 heavy (non-hydrogen) atoms. The molecule has 0 spiro atoms. The number of hydrogen-bond acceptors (Lipinski definition) is 8. The Bertz CT molecular complexity index is 968. The van der Waals surface area contributed by atoms with Gasteiger partial charge in [0.1, 0.15) is 0 Å². The van der Waals surface area contributed by atoms with Crippen LogP contribution >= 0.6 is 0 Å². The number of hydrogen-bond donors (Lipinski definition) is 4. The van der Waals surface area contributed by atoms with Crippen molar-refractivity contribution in [3.8, 4) is 0 Å². The van der Waals surface area contributed by atoms with Gasteiger partial charge in [-0.3, -0.25) is 0 Å². The van der Waals surface area contributed by atoms with E-state index in [2.05, 4.69) is 19.0 Å². The van der Waals surface area contributed by atoms with Gasteiger partial charge in [0.05, 0.1) is 0 Å². The molecule has 2 aromatic rings. The van der Waals surface area contributed by atoms with Crippen molar-refractivity contribution in [2.24, 2.45) is 0 Å². The van der Waals surface area contributed by atoms with Crippen LogP contribution in [0.3, 0.4) is 0 Å². The molecule has 2 aromatic carbocycles. The van der Waals surface area contributed by atoms with E-state index >= 15 is 0 Å². The van der Waals surface area contributed by atoms with E-state index in [-0.39, 0.29) is 69.3 Å². The van der Waals surface area contributed by atoms with E-state index in [0.717, 1.165) is 8.70 Å². The number of nitrogens with one attached hydrogen (secondary N) is 2. The fourth-order valence-corrected chi connectivity index (χ4v) is 9.44. The molecule has 0 saturated heterocycles. The Labute approximate surface area is 201 Å². The SMILES string of the molecule is O=S(=O)(O)OCNc1cccc([As]=[As]c2cccc(NCOS(=O)(=O)O)c2)c1.[Na+]. The predicted octanol–water partition coefficient (Wildman–Crippen LogP) is -3.66. The average Bonchev–Trinajstić information content (AvgIpc) is 2.59. The van der Waals surface area contributed by atoms with Gasteiger partial charge >= 0.3 is 204 Å². The van der Waals surface area contributed by atoms with Crippen molar-refractivity contribution in [2.45, 2.75) is 0 Å². The Morgan fingerprint density at radius 2 is 1.14 bits per heavy atom. The molecule has 0 bridgehead atoms. The molecule has 0 unspecified atom stereocenters. The fraction of sp³-hybridized carbons (Fsp3) is 0.143. The molecule has 0 aliphatic heterocycles. The normalized spacial score (nSPS) is 11.8. The first-order valence-electron chi connectivity index (χ1n) is 7.44. The van der Waals surface area contributed by atoms with Crippen molar-refractivity contribution >= 4 is 67.2 Å². The summed E-state index contributed by atoms with van der Waals surface area (Å²) in [6.45, 7) is -0.738. The molecule has 0 fully saturated rings. The smallest absolute Gasteiger partial charge is 1.00 e. The van der Waals surface area contributed by atoms with E-state index in [1.54, 1.807) is 12.1 Å². The number of rotatable bonds is 10. The van der Waals surface area contributed by atoms with Crippen molar-refractivity contribution < 1.29 is 63.9 Å². The van der Waals surface area contributed by atoms with Gasteiger partial charge in [-0.05, 0) is 0 Å². The Kier molecular flexibility index (Phi) is 11.8. The third-order valence-electron chi connectivity index (χ3n) is 2.94. The summed E-state index contributed by atoms with van der Waals surface area (Å²) in [5, 5.41) is 5.51. The van der Waals surface area contributed by atoms with Crippen LogP contribution in [0.25, 0.3) is 0 Å². The van der Waals surface area contributed by atoms with E-state index in [1.807, 2.05) is 36.4 Å². The van der Waals surface area contributed by atoms with Crippen molar-refractivity contribution in [1.29, 1.82) is 0 Å². The second kappa shape index (κ2) is 12.7. The van der Waals surface area contributed by atoms with E-state index in [1.165, 1.54) is 0 Å². The molecule has 152 valence electrons. The Morgan fingerprint density at radius 1 is 0.759 bits per heavy atom. The Morgan fingerprint density at radius 3 is 1.48 bits per heavy atom. The summed E-state index contributed by atoms with van der Waals surface area (Å²) < 4.78 is 69.9. The van der Waals surface area contributed by atoms with Crippen LogP contribution in [-0.4, -0.2) is 65.7 Å². The summed E-state index contributed by atoms with van der Waals surface area (Å²) in [6, 6.07) is 14.9. The van der Waals surface area contributed by atoms with Gasteiger partial charge in [0.25, 0.3) is 0 Å². The summed E-state index contributed by atoms with van der Waals surface area (Å²) in [5.74, 6) is 0. The number of anilines is 2. The fourth-order valence-electron chi connectivity index (χ4n) is 1.85. The van der Waals surface area contributed by atoms with Crippen LogP contribution in [0.1, 0.15) is 0 Å². The molecule has 2 rings (SSSR count). The monoisotopic (exact) mass is 577 g/mol. The van der Waals surface area contributed by atoms with Crippen LogP contribution in [0, 0.1) is 0 Å². The van der Waals surface area contributed by atoms with Gasteiger partial charge in [-0.15, -0.1) is 0 Å². The molecule has 0 aromatic heterocycles. The molecule has 0 radical (unpaired) electrons. The molecular formula is C14H16As2N2NaO8S2+. The maximum Gasteiger partial charge on any atom is 1.00 e. The Hall–Kier alpha value is -0.103. The summed E-state index contributed by atoms with van der Waals surface area (Å²) >= 11 is -0.283. The summed E-state index contributed by atoms with van der Waals surface area (Å²) in [6.07, 6.45) is 0. The minimum atomic E-state index is -4.48. The van der Waals surface area contributed by atoms with Crippen LogP contribution < -0.4 is 48.9 Å². The second-order valence-corrected chi connectivity index (χ2v) is 14.6. The van der Waals surface area contributed by atoms with Gasteiger partial charge in [0, 0.05) is 0 Å². The van der Waals surface area contributed by atoms with Crippen molar-refractivity contribution in [3.05, 3.63) is 48.5 Å². The van der Waals surface area contributed by atoms with E-state index in [0.29, 0.717) is 11.4 Å². The summed E-state index contributed by atoms with van der Waals surface area (Å²) in [5.41, 5.74) is 1.35. The largest absolute Gasteiger partial charge is 1.00 e. The van der Waals surface area contributed by atoms with Gasteiger partial charge in [0.15, 0.2) is 0 Å². The molecule has 15 heteroatoms. The van der Waals surface area contributed by atoms with E-state index in [9.17, 15) is 16.8 Å². The summed E-state index contributed by atoms with van der Waals surface area (Å²) in [7, 11) is -8.97. The van der Waals surface area contributed by atoms with Gasteiger partial charge in [-0.2, -0.15) is 0 Å². The van der Waals surface area contributed by atoms with Crippen LogP contribution in [0.4, 0.5) is 11.4 Å². The third-order valence-corrected chi connectivity index (χ3v) is 12.2. The zero-order valence-electron chi connectivity index (χ0n) is 15.1. The number of benzene rings is 2. The predicted molar refractivity (Wildman–Crippen MR) is 106 cm³/mol. The topological polar surface area (TPSA) is 151 Å². The maximum atomic E-state index is 10.5. The van der Waals surface area contributed by atoms with Crippen molar-refractivity contribution in [3.63, 3.8) is 0 Å². The standard InChI is InChI=1S/C14H16As2N2O8S2.Na/c19-27(20,21)25-9-17-13-5-1-3-11(7-13)15-16-12-4-2-6-14(8-12)18-10-26-28(22,23)24;/h1-8,17-18H,9-10H2,(H,19,20,21)(H,22,23,24);/q;+1. The van der Waals surface area contributed by atoms with Crippen molar-refractivity contribution in [2.75, 3.05) is 24.1 Å². The molecule has 0 aliphatic carbocycles. The van der Waals surface area contributed by atoms with Gasteiger partial charge in [0.2, 0.25) is 0 Å². The second-order valence-electron chi connectivity index (χ2n) is 5.03. The molecule has 4 N–H and O–H groups in total. The molecule has 0 saturated carbocycles. The van der Waals surface area contributed by atoms with Crippen LogP contribution in [0.2, 0.25) is 0 Å². The van der Waals surface area contributed by atoms with E-state index in [4.69, 9.17) is 9.11 Å². The molecular weight excluding hydrogens is 561 g/mol. The third kappa shape index (κ3) is 12.4. The van der Waals surface area contributed by atoms with E-state index < -0.39 is 20.8 Å².